The Kier molecular flexibility index (Phi) is 4.11. The van der Waals surface area contributed by atoms with Crippen LogP contribution in [0.2, 0.25) is 10.2 Å². The largest absolute Gasteiger partial charge is 0.315 e. The van der Waals surface area contributed by atoms with Gasteiger partial charge in [-0.05, 0) is 12.1 Å². The minimum absolute atomic E-state index is 0.0238. The average molecular weight is 313 g/mol. The molecule has 0 spiro atoms. The van der Waals surface area contributed by atoms with E-state index in [2.05, 4.69) is 15.3 Å². The lowest BCUT2D eigenvalue weighted by atomic mass is 10.2. The molecule has 1 N–H and O–H groups in total. The average Bonchev–Trinajstić information content (AvgIpc) is 2.39. The molecule has 0 unspecified atom stereocenters. The second-order valence-electron chi connectivity index (χ2n) is 3.60. The number of rotatable bonds is 3. The summed E-state index contributed by atoms with van der Waals surface area (Å²) in [6.07, 6.45) is 2.36. The summed E-state index contributed by atoms with van der Waals surface area (Å²) in [4.78, 5) is 29.6. The Balaban J connectivity index is 2.29. The van der Waals surface area contributed by atoms with E-state index in [0.717, 1.165) is 6.20 Å². The first-order valence-electron chi connectivity index (χ1n) is 5.20. The van der Waals surface area contributed by atoms with Crippen molar-refractivity contribution in [2.24, 2.45) is 0 Å². The van der Waals surface area contributed by atoms with Gasteiger partial charge in [0, 0.05) is 11.1 Å². The lowest BCUT2D eigenvalue weighted by molar-refractivity contribution is -0.383. The molecule has 1 aromatic carbocycles. The van der Waals surface area contributed by atoms with Crippen LogP contribution in [-0.4, -0.2) is 20.8 Å². The van der Waals surface area contributed by atoms with Crippen molar-refractivity contribution in [2.45, 2.75) is 0 Å². The lowest BCUT2D eigenvalue weighted by Gasteiger charge is -2.05. The molecule has 7 nitrogen and oxygen atoms in total. The molecule has 0 aliphatic rings. The van der Waals surface area contributed by atoms with Gasteiger partial charge in [-0.25, -0.2) is 9.97 Å². The molecule has 1 heterocycles. The van der Waals surface area contributed by atoms with Crippen molar-refractivity contribution >= 4 is 40.5 Å². The number of aromatic nitrogens is 2. The molecule has 0 fully saturated rings. The van der Waals surface area contributed by atoms with Gasteiger partial charge in [0.25, 0.3) is 11.6 Å². The Morgan fingerprint density at radius 2 is 2.00 bits per heavy atom. The summed E-state index contributed by atoms with van der Waals surface area (Å²) < 4.78 is 0. The Morgan fingerprint density at radius 3 is 2.60 bits per heavy atom. The standard InChI is InChI=1S/C11H6Cl2N4O3/c12-6-1-2-9(17(19)20)7(3-6)16-11(18)8-4-15-10(13)5-14-8/h1-5H,(H,16,18). The molecular weight excluding hydrogens is 307 g/mol. The first-order chi connectivity index (χ1) is 9.47. The summed E-state index contributed by atoms with van der Waals surface area (Å²) in [7, 11) is 0. The molecule has 2 rings (SSSR count). The molecule has 1 aromatic heterocycles. The molecule has 9 heteroatoms. The Bertz CT molecular complexity index is 676. The fourth-order valence-electron chi connectivity index (χ4n) is 1.38. The van der Waals surface area contributed by atoms with Crippen LogP contribution in [0.15, 0.2) is 30.6 Å². The van der Waals surface area contributed by atoms with E-state index in [1.165, 1.54) is 24.4 Å². The van der Waals surface area contributed by atoms with Crippen molar-refractivity contribution in [1.29, 1.82) is 0 Å². The van der Waals surface area contributed by atoms with E-state index >= 15 is 0 Å². The first kappa shape index (κ1) is 14.2. The molecule has 0 aliphatic carbocycles. The van der Waals surface area contributed by atoms with Crippen molar-refractivity contribution in [2.75, 3.05) is 5.32 Å². The van der Waals surface area contributed by atoms with Crippen molar-refractivity contribution in [3.63, 3.8) is 0 Å². The highest BCUT2D eigenvalue weighted by molar-refractivity contribution is 6.31. The predicted molar refractivity (Wildman–Crippen MR) is 73.1 cm³/mol. The van der Waals surface area contributed by atoms with Crippen LogP contribution in [0.1, 0.15) is 10.5 Å². The normalized spacial score (nSPS) is 10.1. The third kappa shape index (κ3) is 3.19. The van der Waals surface area contributed by atoms with Gasteiger partial charge in [0.2, 0.25) is 0 Å². The van der Waals surface area contributed by atoms with E-state index in [4.69, 9.17) is 23.2 Å². The third-order valence-corrected chi connectivity index (χ3v) is 2.69. The summed E-state index contributed by atoms with van der Waals surface area (Å²) in [6.45, 7) is 0. The maximum Gasteiger partial charge on any atom is 0.292 e. The Hall–Kier alpha value is -2.25. The van der Waals surface area contributed by atoms with Crippen LogP contribution in [0.25, 0.3) is 0 Å². The third-order valence-electron chi connectivity index (χ3n) is 2.26. The number of carbonyl (C=O) groups excluding carboxylic acids is 1. The van der Waals surface area contributed by atoms with Gasteiger partial charge in [-0.2, -0.15) is 0 Å². The maximum absolute atomic E-state index is 11.9. The molecule has 0 atom stereocenters. The minimum Gasteiger partial charge on any atom is -0.315 e. The van der Waals surface area contributed by atoms with E-state index in [9.17, 15) is 14.9 Å². The highest BCUT2D eigenvalue weighted by Gasteiger charge is 2.17. The summed E-state index contributed by atoms with van der Waals surface area (Å²) in [6, 6.07) is 3.84. The zero-order valence-electron chi connectivity index (χ0n) is 9.71. The molecule has 0 bridgehead atoms. The lowest BCUT2D eigenvalue weighted by Crippen LogP contribution is -2.15. The van der Waals surface area contributed by atoms with E-state index in [1.807, 2.05) is 0 Å². The zero-order valence-corrected chi connectivity index (χ0v) is 11.2. The molecule has 1 amide bonds. The smallest absolute Gasteiger partial charge is 0.292 e. The Morgan fingerprint density at radius 1 is 1.25 bits per heavy atom. The maximum atomic E-state index is 11.9. The SMILES string of the molecule is O=C(Nc1cc(Cl)ccc1[N+](=O)[O-])c1cnc(Cl)cn1. The van der Waals surface area contributed by atoms with Gasteiger partial charge in [0.15, 0.2) is 0 Å². The number of halogens is 2. The molecule has 102 valence electrons. The second-order valence-corrected chi connectivity index (χ2v) is 4.42. The van der Waals surface area contributed by atoms with E-state index < -0.39 is 10.8 Å². The van der Waals surface area contributed by atoms with E-state index in [0.29, 0.717) is 0 Å². The number of amides is 1. The molecule has 0 saturated heterocycles. The van der Waals surface area contributed by atoms with Crippen molar-refractivity contribution in [3.05, 3.63) is 56.6 Å². The number of benzene rings is 1. The van der Waals surface area contributed by atoms with E-state index in [1.54, 1.807) is 0 Å². The predicted octanol–water partition coefficient (Wildman–Crippen LogP) is 2.94. The second kappa shape index (κ2) is 5.81. The number of nitro groups is 1. The van der Waals surface area contributed by atoms with Crippen molar-refractivity contribution in [3.8, 4) is 0 Å². The van der Waals surface area contributed by atoms with Gasteiger partial charge in [-0.3, -0.25) is 14.9 Å². The minimum atomic E-state index is -0.653. The van der Waals surface area contributed by atoms with Crippen LogP contribution >= 0.6 is 23.2 Å². The van der Waals surface area contributed by atoms with Gasteiger partial charge in [0.05, 0.1) is 17.3 Å². The molecule has 0 aliphatic heterocycles. The number of anilines is 1. The van der Waals surface area contributed by atoms with Gasteiger partial charge in [-0.15, -0.1) is 0 Å². The monoisotopic (exact) mass is 312 g/mol. The number of nitrogens with one attached hydrogen (secondary N) is 1. The summed E-state index contributed by atoms with van der Waals surface area (Å²) in [5, 5.41) is 13.6. The number of hydrogen-bond acceptors (Lipinski definition) is 5. The number of nitro benzene ring substituents is 1. The highest BCUT2D eigenvalue weighted by Crippen LogP contribution is 2.27. The van der Waals surface area contributed by atoms with E-state index in [-0.39, 0.29) is 27.2 Å². The summed E-state index contributed by atoms with van der Waals surface area (Å²) >= 11 is 11.3. The Labute approximate surface area is 122 Å². The highest BCUT2D eigenvalue weighted by atomic mass is 35.5. The molecule has 0 radical (unpaired) electrons. The molecular formula is C11H6Cl2N4O3. The van der Waals surface area contributed by atoms with Crippen LogP contribution in [0, 0.1) is 10.1 Å². The molecule has 0 saturated carbocycles. The number of nitrogens with zero attached hydrogens (tertiary/aromatic N) is 3. The van der Waals surface area contributed by atoms with Crippen LogP contribution in [0.3, 0.4) is 0 Å². The fourth-order valence-corrected chi connectivity index (χ4v) is 1.65. The van der Waals surface area contributed by atoms with Crippen molar-refractivity contribution < 1.29 is 9.72 Å². The fraction of sp³-hybridized carbons (Fsp3) is 0. The van der Waals surface area contributed by atoms with Gasteiger partial charge >= 0.3 is 0 Å². The van der Waals surface area contributed by atoms with Gasteiger partial charge in [0.1, 0.15) is 16.5 Å². The first-order valence-corrected chi connectivity index (χ1v) is 5.96. The number of carbonyl (C=O) groups is 1. The summed E-state index contributed by atoms with van der Waals surface area (Å²) in [5.41, 5.74) is -0.322. The van der Waals surface area contributed by atoms with Crippen LogP contribution in [-0.2, 0) is 0 Å². The number of hydrogen-bond donors (Lipinski definition) is 1. The van der Waals surface area contributed by atoms with Gasteiger partial charge in [-0.1, -0.05) is 23.2 Å². The topological polar surface area (TPSA) is 98.0 Å². The van der Waals surface area contributed by atoms with Crippen molar-refractivity contribution in [1.82, 2.24) is 9.97 Å². The molecule has 2 aromatic rings. The molecule has 20 heavy (non-hydrogen) atoms. The van der Waals surface area contributed by atoms with Crippen LogP contribution in [0.5, 0.6) is 0 Å². The van der Waals surface area contributed by atoms with Crippen LogP contribution < -0.4 is 5.32 Å². The van der Waals surface area contributed by atoms with Gasteiger partial charge < -0.3 is 5.32 Å². The summed E-state index contributed by atoms with van der Waals surface area (Å²) in [5.74, 6) is -0.653. The zero-order chi connectivity index (χ0) is 14.7. The van der Waals surface area contributed by atoms with Crippen LogP contribution in [0.4, 0.5) is 11.4 Å². The quantitative estimate of drug-likeness (QED) is 0.694.